The average molecular weight is 657 g/mol. The van der Waals surface area contributed by atoms with Gasteiger partial charge in [0, 0.05) is 33.6 Å². The SMILES string of the molecule is CC(=O)NC1C(OC(C)=O)[C@@H](OC(C)=O)C(COC(C)=O)O[C@H]1OC[C@@H](NC(=O)OCC1c2ccccc2-c2ccccc21)C(=O)O. The molecule has 3 unspecified atom stereocenters. The lowest BCUT2D eigenvalue weighted by Gasteiger charge is -2.45. The van der Waals surface area contributed by atoms with Crippen molar-refractivity contribution in [3.63, 3.8) is 0 Å². The van der Waals surface area contributed by atoms with E-state index in [1.807, 2.05) is 48.5 Å². The van der Waals surface area contributed by atoms with Crippen LogP contribution in [0.3, 0.4) is 0 Å². The normalized spacial score (nSPS) is 22.1. The van der Waals surface area contributed by atoms with Crippen molar-refractivity contribution >= 4 is 35.9 Å². The number of carbonyl (C=O) groups is 6. The van der Waals surface area contributed by atoms with Crippen LogP contribution in [0.4, 0.5) is 4.79 Å². The van der Waals surface area contributed by atoms with E-state index in [1.165, 1.54) is 0 Å². The molecule has 2 aromatic rings. The number of nitrogens with one attached hydrogen (secondary N) is 2. The highest BCUT2D eigenvalue weighted by Crippen LogP contribution is 2.44. The molecule has 2 aromatic carbocycles. The second kappa shape index (κ2) is 15.5. The maximum atomic E-state index is 12.8. The summed E-state index contributed by atoms with van der Waals surface area (Å²) in [7, 11) is 0. The fraction of sp³-hybridized carbons (Fsp3) is 0.438. The number of ether oxygens (including phenoxy) is 6. The van der Waals surface area contributed by atoms with Crippen molar-refractivity contribution in [2.24, 2.45) is 0 Å². The van der Waals surface area contributed by atoms with E-state index in [1.54, 1.807) is 0 Å². The third-order valence-corrected chi connectivity index (χ3v) is 7.43. The lowest BCUT2D eigenvalue weighted by molar-refractivity contribution is -0.278. The van der Waals surface area contributed by atoms with Crippen molar-refractivity contribution in [1.82, 2.24) is 10.6 Å². The predicted molar refractivity (Wildman–Crippen MR) is 160 cm³/mol. The molecule has 1 aliphatic carbocycles. The molecule has 0 aromatic heterocycles. The molecule has 0 bridgehead atoms. The van der Waals surface area contributed by atoms with Gasteiger partial charge in [-0.15, -0.1) is 0 Å². The van der Waals surface area contributed by atoms with Gasteiger partial charge in [0.1, 0.15) is 25.4 Å². The van der Waals surface area contributed by atoms with E-state index < -0.39 is 85.8 Å². The van der Waals surface area contributed by atoms with Crippen LogP contribution in [0.15, 0.2) is 48.5 Å². The van der Waals surface area contributed by atoms with Gasteiger partial charge in [0.2, 0.25) is 5.91 Å². The second-order valence-corrected chi connectivity index (χ2v) is 10.9. The summed E-state index contributed by atoms with van der Waals surface area (Å²) in [6, 6.07) is 12.5. The Morgan fingerprint density at radius 2 is 1.36 bits per heavy atom. The van der Waals surface area contributed by atoms with Crippen molar-refractivity contribution in [2.75, 3.05) is 19.8 Å². The lowest BCUT2D eigenvalue weighted by Crippen LogP contribution is -2.67. The number of alkyl carbamates (subject to hydrolysis) is 1. The molecule has 1 aliphatic heterocycles. The minimum atomic E-state index is -1.66. The number of esters is 3. The van der Waals surface area contributed by atoms with Crippen LogP contribution in [0.1, 0.15) is 44.7 Å². The number of carbonyl (C=O) groups excluding carboxylic acids is 5. The molecule has 1 saturated heterocycles. The first kappa shape index (κ1) is 34.8. The molecule has 47 heavy (non-hydrogen) atoms. The number of rotatable bonds is 12. The first-order chi connectivity index (χ1) is 22.3. The van der Waals surface area contributed by atoms with Gasteiger partial charge in [0.05, 0.1) is 6.61 Å². The van der Waals surface area contributed by atoms with E-state index in [9.17, 15) is 33.9 Å². The lowest BCUT2D eigenvalue weighted by atomic mass is 9.96. The van der Waals surface area contributed by atoms with Gasteiger partial charge in [0.25, 0.3) is 0 Å². The monoisotopic (exact) mass is 656 g/mol. The Morgan fingerprint density at radius 1 is 0.787 bits per heavy atom. The van der Waals surface area contributed by atoms with E-state index in [4.69, 9.17) is 28.4 Å². The molecule has 2 amide bonds. The third-order valence-electron chi connectivity index (χ3n) is 7.43. The summed E-state index contributed by atoms with van der Waals surface area (Å²) in [5.74, 6) is -4.65. The van der Waals surface area contributed by atoms with E-state index in [0.29, 0.717) is 0 Å². The number of hydrogen-bond donors (Lipinski definition) is 3. The summed E-state index contributed by atoms with van der Waals surface area (Å²) in [5.41, 5.74) is 3.97. The van der Waals surface area contributed by atoms with Crippen molar-refractivity contribution in [3.8, 4) is 11.1 Å². The number of fused-ring (bicyclic) bond motifs is 3. The van der Waals surface area contributed by atoms with E-state index >= 15 is 0 Å². The first-order valence-corrected chi connectivity index (χ1v) is 14.7. The standard InChI is InChI=1S/C32H36N2O13/c1-16(35)33-27-29(46-19(4)38)28(45-18(3)37)26(15-42-17(2)36)47-31(27)43-14-25(30(39)40)34-32(41)44-13-24-22-11-7-5-9-20(22)21-10-6-8-12-23(21)24/h5-12,24-29,31H,13-15H2,1-4H3,(H,33,35)(H,34,41)(H,39,40)/t25-,26?,27?,28+,29?,31-/m1/s1. The Morgan fingerprint density at radius 3 is 1.89 bits per heavy atom. The Labute approximate surface area is 269 Å². The highest BCUT2D eigenvalue weighted by molar-refractivity contribution is 5.81. The number of carboxylic acid groups (broad SMARTS) is 1. The highest BCUT2D eigenvalue weighted by atomic mass is 16.7. The van der Waals surface area contributed by atoms with Crippen molar-refractivity contribution < 1.29 is 62.3 Å². The third kappa shape index (κ3) is 8.83. The molecule has 0 spiro atoms. The highest BCUT2D eigenvalue weighted by Gasteiger charge is 2.51. The first-order valence-electron chi connectivity index (χ1n) is 14.7. The Bertz CT molecular complexity index is 1470. The molecule has 15 nitrogen and oxygen atoms in total. The van der Waals surface area contributed by atoms with Crippen LogP contribution >= 0.6 is 0 Å². The van der Waals surface area contributed by atoms with Crippen molar-refractivity contribution in [3.05, 3.63) is 59.7 Å². The topological polar surface area (TPSA) is 202 Å². The maximum absolute atomic E-state index is 12.8. The van der Waals surface area contributed by atoms with Crippen LogP contribution in [-0.4, -0.2) is 97.5 Å². The van der Waals surface area contributed by atoms with E-state index in [-0.39, 0.29) is 12.5 Å². The molecule has 1 fully saturated rings. The molecule has 4 rings (SSSR count). The minimum absolute atomic E-state index is 0.0666. The Kier molecular flexibility index (Phi) is 11.5. The molecular formula is C32H36N2O13. The van der Waals surface area contributed by atoms with Crippen LogP contribution in [0, 0.1) is 0 Å². The van der Waals surface area contributed by atoms with Crippen LogP contribution in [-0.2, 0) is 52.4 Å². The van der Waals surface area contributed by atoms with Crippen molar-refractivity contribution in [1.29, 1.82) is 0 Å². The summed E-state index contributed by atoms with van der Waals surface area (Å²) in [6.07, 6.45) is -6.58. The molecule has 1 heterocycles. The second-order valence-electron chi connectivity index (χ2n) is 10.9. The summed E-state index contributed by atoms with van der Waals surface area (Å²) >= 11 is 0. The number of aliphatic carboxylic acids is 1. The zero-order valence-electron chi connectivity index (χ0n) is 26.1. The Hall–Kier alpha value is -5.02. The predicted octanol–water partition coefficient (Wildman–Crippen LogP) is 1.65. The van der Waals surface area contributed by atoms with Gasteiger partial charge in [-0.05, 0) is 22.3 Å². The largest absolute Gasteiger partial charge is 0.480 e. The van der Waals surface area contributed by atoms with Crippen LogP contribution in [0.25, 0.3) is 11.1 Å². The number of amides is 2. The van der Waals surface area contributed by atoms with Crippen LogP contribution < -0.4 is 10.6 Å². The molecule has 0 radical (unpaired) electrons. The van der Waals surface area contributed by atoms with Crippen LogP contribution in [0.5, 0.6) is 0 Å². The minimum Gasteiger partial charge on any atom is -0.480 e. The quantitative estimate of drug-likeness (QED) is 0.220. The summed E-state index contributed by atoms with van der Waals surface area (Å²) in [5, 5.41) is 14.6. The number of benzene rings is 2. The molecule has 6 atom stereocenters. The zero-order valence-corrected chi connectivity index (χ0v) is 26.1. The Balaban J connectivity index is 1.48. The molecule has 0 saturated carbocycles. The van der Waals surface area contributed by atoms with E-state index in [0.717, 1.165) is 49.9 Å². The number of carboxylic acids is 1. The fourth-order valence-corrected chi connectivity index (χ4v) is 5.58. The summed E-state index contributed by atoms with van der Waals surface area (Å²) < 4.78 is 32.8. The van der Waals surface area contributed by atoms with Gasteiger partial charge in [-0.2, -0.15) is 0 Å². The van der Waals surface area contributed by atoms with Gasteiger partial charge in [0.15, 0.2) is 24.5 Å². The van der Waals surface area contributed by atoms with Crippen LogP contribution in [0.2, 0.25) is 0 Å². The summed E-state index contributed by atoms with van der Waals surface area (Å²) in [4.78, 5) is 72.6. The molecule has 3 N–H and O–H groups in total. The van der Waals surface area contributed by atoms with E-state index in [2.05, 4.69) is 10.6 Å². The van der Waals surface area contributed by atoms with Gasteiger partial charge < -0.3 is 44.2 Å². The van der Waals surface area contributed by atoms with Gasteiger partial charge in [-0.1, -0.05) is 48.5 Å². The van der Waals surface area contributed by atoms with Crippen molar-refractivity contribution in [2.45, 2.75) is 70.3 Å². The zero-order chi connectivity index (χ0) is 34.2. The smallest absolute Gasteiger partial charge is 0.407 e. The fourth-order valence-electron chi connectivity index (χ4n) is 5.58. The maximum Gasteiger partial charge on any atom is 0.407 e. The number of hydrogen-bond acceptors (Lipinski definition) is 12. The van der Waals surface area contributed by atoms with Gasteiger partial charge >= 0.3 is 30.0 Å². The van der Waals surface area contributed by atoms with Gasteiger partial charge in [-0.25, -0.2) is 9.59 Å². The summed E-state index contributed by atoms with van der Waals surface area (Å²) in [6.45, 7) is 3.23. The van der Waals surface area contributed by atoms with Gasteiger partial charge in [-0.3, -0.25) is 19.2 Å². The molecule has 15 heteroatoms. The molecule has 2 aliphatic rings. The average Bonchev–Trinajstić information content (AvgIpc) is 3.32. The molecule has 252 valence electrons. The molecular weight excluding hydrogens is 620 g/mol.